The fourth-order valence-electron chi connectivity index (χ4n) is 2.40. The summed E-state index contributed by atoms with van der Waals surface area (Å²) in [6.45, 7) is 7.38. The maximum atomic E-state index is 11.5. The summed E-state index contributed by atoms with van der Waals surface area (Å²) in [5, 5.41) is 0. The van der Waals surface area contributed by atoms with Crippen molar-refractivity contribution in [1.29, 1.82) is 0 Å². The predicted octanol–water partition coefficient (Wildman–Crippen LogP) is 5.04. The number of esters is 2. The fraction of sp³-hybridized carbons (Fsp3) is 0.895. The molecule has 136 valence electrons. The minimum Gasteiger partial charge on any atom is -0.466 e. The van der Waals surface area contributed by atoms with Crippen LogP contribution in [0.1, 0.15) is 91.4 Å². The van der Waals surface area contributed by atoms with Gasteiger partial charge < -0.3 is 9.47 Å². The Morgan fingerprint density at radius 1 is 0.783 bits per heavy atom. The van der Waals surface area contributed by atoms with E-state index >= 15 is 0 Å². The van der Waals surface area contributed by atoms with Crippen molar-refractivity contribution in [2.24, 2.45) is 5.92 Å². The average Bonchev–Trinajstić information content (AvgIpc) is 2.52. The molecule has 0 spiro atoms. The molecule has 4 heteroatoms. The molecule has 0 rings (SSSR count). The van der Waals surface area contributed by atoms with Crippen LogP contribution in [0, 0.1) is 5.92 Å². The van der Waals surface area contributed by atoms with Gasteiger partial charge in [0.1, 0.15) is 0 Å². The first-order valence-corrected chi connectivity index (χ1v) is 9.41. The molecule has 0 amide bonds. The van der Waals surface area contributed by atoms with E-state index < -0.39 is 0 Å². The van der Waals surface area contributed by atoms with E-state index in [9.17, 15) is 9.59 Å². The Balaban J connectivity index is 3.43. The number of hydrogen-bond donors (Lipinski definition) is 0. The summed E-state index contributed by atoms with van der Waals surface area (Å²) < 4.78 is 10.4. The molecule has 0 N–H and O–H groups in total. The number of unbranched alkanes of at least 4 members (excludes halogenated alkanes) is 5. The highest BCUT2D eigenvalue weighted by molar-refractivity contribution is 5.72. The Morgan fingerprint density at radius 3 is 2.04 bits per heavy atom. The molecule has 0 aromatic carbocycles. The molecule has 0 heterocycles. The zero-order valence-corrected chi connectivity index (χ0v) is 15.4. The van der Waals surface area contributed by atoms with Crippen LogP contribution in [0.25, 0.3) is 0 Å². The molecule has 0 aliphatic rings. The Labute approximate surface area is 142 Å². The lowest BCUT2D eigenvalue weighted by Crippen LogP contribution is -2.12. The topological polar surface area (TPSA) is 52.6 Å². The van der Waals surface area contributed by atoms with Crippen molar-refractivity contribution in [2.75, 3.05) is 13.2 Å². The van der Waals surface area contributed by atoms with Gasteiger partial charge in [-0.05, 0) is 25.2 Å². The third kappa shape index (κ3) is 15.6. The van der Waals surface area contributed by atoms with Crippen molar-refractivity contribution in [3.05, 3.63) is 0 Å². The Morgan fingerprint density at radius 2 is 1.39 bits per heavy atom. The van der Waals surface area contributed by atoms with E-state index in [1.807, 2.05) is 0 Å². The lowest BCUT2D eigenvalue weighted by Gasteiger charge is -2.10. The van der Waals surface area contributed by atoms with Crippen LogP contribution in [-0.2, 0) is 19.1 Å². The highest BCUT2D eigenvalue weighted by atomic mass is 16.5. The molecule has 0 saturated carbocycles. The molecule has 1 atom stereocenters. The second-order valence-corrected chi connectivity index (χ2v) is 6.42. The summed E-state index contributed by atoms with van der Waals surface area (Å²) in [7, 11) is 0. The molecule has 0 radical (unpaired) electrons. The summed E-state index contributed by atoms with van der Waals surface area (Å²) in [6, 6.07) is 0. The van der Waals surface area contributed by atoms with Crippen LogP contribution in [0.5, 0.6) is 0 Å². The molecule has 0 saturated heterocycles. The highest BCUT2D eigenvalue weighted by Gasteiger charge is 2.09. The summed E-state index contributed by atoms with van der Waals surface area (Å²) in [5.41, 5.74) is 0. The quantitative estimate of drug-likeness (QED) is 0.312. The summed E-state index contributed by atoms with van der Waals surface area (Å²) in [5.74, 6) is -0.00590. The molecule has 0 aliphatic heterocycles. The van der Waals surface area contributed by atoms with Crippen LogP contribution in [0.15, 0.2) is 0 Å². The third-order valence-electron chi connectivity index (χ3n) is 3.83. The Hall–Kier alpha value is -1.06. The Bertz CT molecular complexity index is 302. The first-order chi connectivity index (χ1) is 11.1. The van der Waals surface area contributed by atoms with E-state index in [-0.39, 0.29) is 11.9 Å². The predicted molar refractivity (Wildman–Crippen MR) is 93.2 cm³/mol. The fourth-order valence-corrected chi connectivity index (χ4v) is 2.40. The van der Waals surface area contributed by atoms with Crippen LogP contribution in [0.3, 0.4) is 0 Å². The molecule has 0 aromatic heterocycles. The van der Waals surface area contributed by atoms with E-state index in [1.165, 1.54) is 25.7 Å². The van der Waals surface area contributed by atoms with Crippen molar-refractivity contribution >= 4 is 11.9 Å². The van der Waals surface area contributed by atoms with Gasteiger partial charge in [-0.1, -0.05) is 59.3 Å². The largest absolute Gasteiger partial charge is 0.466 e. The molecule has 0 bridgehead atoms. The van der Waals surface area contributed by atoms with Crippen LogP contribution in [0.4, 0.5) is 0 Å². The minimum absolute atomic E-state index is 0.203. The SMILES string of the molecule is CCCCCCCCOC(=O)CCCC(=O)OCC(C)CCC. The third-order valence-corrected chi connectivity index (χ3v) is 3.83. The van der Waals surface area contributed by atoms with E-state index in [2.05, 4.69) is 20.8 Å². The second kappa shape index (κ2) is 15.8. The molecule has 0 aliphatic carbocycles. The molecule has 0 fully saturated rings. The number of rotatable bonds is 15. The zero-order chi connectivity index (χ0) is 17.3. The number of carbonyl (C=O) groups is 2. The highest BCUT2D eigenvalue weighted by Crippen LogP contribution is 2.08. The summed E-state index contributed by atoms with van der Waals surface area (Å²) in [4.78, 5) is 23.1. The van der Waals surface area contributed by atoms with E-state index in [0.29, 0.717) is 38.4 Å². The second-order valence-electron chi connectivity index (χ2n) is 6.42. The molecule has 1 unspecified atom stereocenters. The number of carbonyl (C=O) groups excluding carboxylic acids is 2. The van der Waals surface area contributed by atoms with Gasteiger partial charge in [0.25, 0.3) is 0 Å². The van der Waals surface area contributed by atoms with E-state index in [1.54, 1.807) is 0 Å². The van der Waals surface area contributed by atoms with Crippen molar-refractivity contribution in [3.63, 3.8) is 0 Å². The van der Waals surface area contributed by atoms with Gasteiger partial charge in [-0.15, -0.1) is 0 Å². The molecular weight excluding hydrogens is 292 g/mol. The summed E-state index contributed by atoms with van der Waals surface area (Å²) in [6.07, 6.45) is 10.3. The van der Waals surface area contributed by atoms with Gasteiger partial charge in [0.05, 0.1) is 13.2 Å². The van der Waals surface area contributed by atoms with Crippen molar-refractivity contribution < 1.29 is 19.1 Å². The number of ether oxygens (including phenoxy) is 2. The van der Waals surface area contributed by atoms with Gasteiger partial charge in [0, 0.05) is 12.8 Å². The van der Waals surface area contributed by atoms with Crippen LogP contribution < -0.4 is 0 Å². The smallest absolute Gasteiger partial charge is 0.305 e. The average molecular weight is 328 g/mol. The first kappa shape index (κ1) is 21.9. The standard InChI is InChI=1S/C19H36O4/c1-4-6-7-8-9-10-15-22-18(20)13-11-14-19(21)23-16-17(3)12-5-2/h17H,4-16H2,1-3H3. The lowest BCUT2D eigenvalue weighted by atomic mass is 10.1. The van der Waals surface area contributed by atoms with Gasteiger partial charge in [-0.2, -0.15) is 0 Å². The van der Waals surface area contributed by atoms with Crippen LogP contribution >= 0.6 is 0 Å². The van der Waals surface area contributed by atoms with Gasteiger partial charge in [0.15, 0.2) is 0 Å². The van der Waals surface area contributed by atoms with E-state index in [0.717, 1.165) is 25.7 Å². The van der Waals surface area contributed by atoms with Gasteiger partial charge in [0.2, 0.25) is 0 Å². The first-order valence-electron chi connectivity index (χ1n) is 9.41. The molecular formula is C19H36O4. The molecule has 23 heavy (non-hydrogen) atoms. The maximum Gasteiger partial charge on any atom is 0.305 e. The molecule has 0 aromatic rings. The normalized spacial score (nSPS) is 12.0. The van der Waals surface area contributed by atoms with Crippen LogP contribution in [-0.4, -0.2) is 25.2 Å². The van der Waals surface area contributed by atoms with Crippen molar-refractivity contribution in [3.8, 4) is 0 Å². The summed E-state index contributed by atoms with van der Waals surface area (Å²) >= 11 is 0. The monoisotopic (exact) mass is 328 g/mol. The zero-order valence-electron chi connectivity index (χ0n) is 15.4. The maximum absolute atomic E-state index is 11.5. The van der Waals surface area contributed by atoms with Crippen molar-refractivity contribution in [2.45, 2.75) is 91.4 Å². The van der Waals surface area contributed by atoms with E-state index in [4.69, 9.17) is 9.47 Å². The van der Waals surface area contributed by atoms with Crippen LogP contribution in [0.2, 0.25) is 0 Å². The Kier molecular flexibility index (Phi) is 15.1. The van der Waals surface area contributed by atoms with Gasteiger partial charge in [-0.3, -0.25) is 9.59 Å². The minimum atomic E-state index is -0.211. The van der Waals surface area contributed by atoms with Crippen molar-refractivity contribution in [1.82, 2.24) is 0 Å². The van der Waals surface area contributed by atoms with Gasteiger partial charge >= 0.3 is 11.9 Å². The lowest BCUT2D eigenvalue weighted by molar-refractivity contribution is -0.146. The van der Waals surface area contributed by atoms with Gasteiger partial charge in [-0.25, -0.2) is 0 Å². The number of hydrogen-bond acceptors (Lipinski definition) is 4. The molecule has 4 nitrogen and oxygen atoms in total.